The quantitative estimate of drug-likeness (QED) is 0.383. The topological polar surface area (TPSA) is 91.4 Å². The molecule has 0 saturated carbocycles. The molecule has 3 heterocycles. The third-order valence-electron chi connectivity index (χ3n) is 4.47. The number of hydrogen-bond acceptors (Lipinski definition) is 5. The van der Waals surface area contributed by atoms with Crippen LogP contribution in [0.25, 0.3) is 21.9 Å². The summed E-state index contributed by atoms with van der Waals surface area (Å²) in [4.78, 5) is 12.3. The molecule has 1 aromatic carbocycles. The summed E-state index contributed by atoms with van der Waals surface area (Å²) in [6.45, 7) is 10.3. The Kier molecular flexibility index (Phi) is 9.02. The SMILES string of the molecule is CC.CCCCCC.Cc1cc(Cc2nc3c(cnc4ccc(C#N)cc43)[nH]2)on1. The number of unbranched alkanes of at least 4 members (excludes halogenated alkanes) is 3. The molecule has 6 heteroatoms. The Morgan fingerprint density at radius 1 is 1.10 bits per heavy atom. The monoisotopic (exact) mass is 405 g/mol. The Bertz CT molecular complexity index is 1100. The Labute approximate surface area is 178 Å². The molecule has 0 bridgehead atoms. The highest BCUT2D eigenvalue weighted by molar-refractivity contribution is 6.02. The molecule has 3 aromatic heterocycles. The highest BCUT2D eigenvalue weighted by atomic mass is 16.5. The van der Waals surface area contributed by atoms with Crippen molar-refractivity contribution in [3.05, 3.63) is 53.3 Å². The van der Waals surface area contributed by atoms with Gasteiger partial charge in [0, 0.05) is 11.5 Å². The first-order valence-corrected chi connectivity index (χ1v) is 10.7. The second-order valence-electron chi connectivity index (χ2n) is 6.87. The number of H-pyrrole nitrogens is 1. The van der Waals surface area contributed by atoms with Crippen LogP contribution in [-0.4, -0.2) is 20.1 Å². The van der Waals surface area contributed by atoms with Gasteiger partial charge >= 0.3 is 0 Å². The molecule has 6 nitrogen and oxygen atoms in total. The Morgan fingerprint density at radius 2 is 1.83 bits per heavy atom. The van der Waals surface area contributed by atoms with Crippen molar-refractivity contribution in [1.29, 1.82) is 5.26 Å². The number of nitrogens with one attached hydrogen (secondary N) is 1. The molecular formula is C24H31N5O. The predicted molar refractivity (Wildman–Crippen MR) is 121 cm³/mol. The molecular weight excluding hydrogens is 374 g/mol. The fourth-order valence-electron chi connectivity index (χ4n) is 3.03. The summed E-state index contributed by atoms with van der Waals surface area (Å²) < 4.78 is 5.22. The zero-order chi connectivity index (χ0) is 21.9. The standard InChI is InChI=1S/C16H11N5O.C6H14.C2H6/c1-9-4-11(22-21-9)6-15-19-14-8-18-13-3-2-10(7-17)5-12(13)16(14)20-15;1-3-5-6-4-2;1-2/h2-5,8H,6H2,1H3,(H,19,20);3-6H2,1-2H3;1-2H3. The fraction of sp³-hybridized carbons (Fsp3) is 0.417. The van der Waals surface area contributed by atoms with Crippen LogP contribution in [0.15, 0.2) is 35.0 Å². The van der Waals surface area contributed by atoms with Crippen molar-refractivity contribution >= 4 is 21.9 Å². The van der Waals surface area contributed by atoms with E-state index in [0.717, 1.165) is 39.2 Å². The van der Waals surface area contributed by atoms with Crippen LogP contribution >= 0.6 is 0 Å². The lowest BCUT2D eigenvalue weighted by Crippen LogP contribution is -1.87. The fourth-order valence-corrected chi connectivity index (χ4v) is 3.03. The zero-order valence-electron chi connectivity index (χ0n) is 18.6. The second kappa shape index (κ2) is 11.7. The van der Waals surface area contributed by atoms with E-state index < -0.39 is 0 Å². The van der Waals surface area contributed by atoms with Crippen LogP contribution in [0.1, 0.15) is 76.2 Å². The molecule has 0 fully saturated rings. The molecule has 0 amide bonds. The van der Waals surface area contributed by atoms with Crippen LogP contribution in [0.4, 0.5) is 0 Å². The molecule has 4 rings (SSSR count). The molecule has 1 N–H and O–H groups in total. The van der Waals surface area contributed by atoms with Crippen LogP contribution in [0.2, 0.25) is 0 Å². The van der Waals surface area contributed by atoms with E-state index in [9.17, 15) is 0 Å². The van der Waals surface area contributed by atoms with E-state index >= 15 is 0 Å². The van der Waals surface area contributed by atoms with E-state index in [-0.39, 0.29) is 0 Å². The highest BCUT2D eigenvalue weighted by Gasteiger charge is 2.11. The molecule has 0 unspecified atom stereocenters. The maximum absolute atomic E-state index is 9.05. The van der Waals surface area contributed by atoms with Gasteiger partial charge in [-0.15, -0.1) is 0 Å². The molecule has 0 aliphatic rings. The lowest BCUT2D eigenvalue weighted by molar-refractivity contribution is 0.384. The van der Waals surface area contributed by atoms with E-state index in [0.29, 0.717) is 12.0 Å². The van der Waals surface area contributed by atoms with Crippen LogP contribution in [0.5, 0.6) is 0 Å². The van der Waals surface area contributed by atoms with E-state index in [1.165, 1.54) is 25.7 Å². The van der Waals surface area contributed by atoms with Gasteiger partial charge in [0.15, 0.2) is 0 Å². The van der Waals surface area contributed by atoms with E-state index in [2.05, 4.69) is 40.0 Å². The number of imidazole rings is 1. The Hall–Kier alpha value is -3.20. The second-order valence-corrected chi connectivity index (χ2v) is 6.87. The molecule has 0 aliphatic heterocycles. The van der Waals surface area contributed by atoms with Gasteiger partial charge in [0.2, 0.25) is 0 Å². The summed E-state index contributed by atoms with van der Waals surface area (Å²) in [7, 11) is 0. The van der Waals surface area contributed by atoms with E-state index in [1.807, 2.05) is 39.0 Å². The van der Waals surface area contributed by atoms with E-state index in [4.69, 9.17) is 9.78 Å². The molecule has 4 aromatic rings. The van der Waals surface area contributed by atoms with Gasteiger partial charge in [-0.2, -0.15) is 5.26 Å². The molecule has 158 valence electrons. The van der Waals surface area contributed by atoms with E-state index in [1.54, 1.807) is 12.3 Å². The number of pyridine rings is 1. The number of nitriles is 1. The molecule has 0 spiro atoms. The predicted octanol–water partition coefficient (Wildman–Crippen LogP) is 6.48. The third kappa shape index (κ3) is 5.90. The van der Waals surface area contributed by atoms with Crippen LogP contribution < -0.4 is 0 Å². The maximum atomic E-state index is 9.05. The van der Waals surface area contributed by atoms with Gasteiger partial charge in [-0.3, -0.25) is 4.98 Å². The molecule has 0 atom stereocenters. The summed E-state index contributed by atoms with van der Waals surface area (Å²) in [5, 5.41) is 13.8. The third-order valence-corrected chi connectivity index (χ3v) is 4.47. The minimum absolute atomic E-state index is 0.537. The maximum Gasteiger partial charge on any atom is 0.144 e. The Balaban J connectivity index is 0.000000348. The number of aromatic amines is 1. The molecule has 0 radical (unpaired) electrons. The summed E-state index contributed by atoms with van der Waals surface area (Å²) in [6, 6.07) is 9.43. The summed E-state index contributed by atoms with van der Waals surface area (Å²) in [5.41, 5.74) is 3.91. The number of aromatic nitrogens is 4. The first-order valence-electron chi connectivity index (χ1n) is 10.7. The highest BCUT2D eigenvalue weighted by Crippen LogP contribution is 2.23. The summed E-state index contributed by atoms with van der Waals surface area (Å²) in [5.74, 6) is 1.54. The van der Waals surface area contributed by atoms with Gasteiger partial charge in [-0.1, -0.05) is 58.5 Å². The normalized spacial score (nSPS) is 10.1. The zero-order valence-corrected chi connectivity index (χ0v) is 18.6. The molecule has 30 heavy (non-hydrogen) atoms. The summed E-state index contributed by atoms with van der Waals surface area (Å²) in [6.07, 6.45) is 7.83. The van der Waals surface area contributed by atoms with Gasteiger partial charge in [0.1, 0.15) is 11.6 Å². The largest absolute Gasteiger partial charge is 0.361 e. The smallest absolute Gasteiger partial charge is 0.144 e. The average Bonchev–Trinajstić information content (AvgIpc) is 3.39. The van der Waals surface area contributed by atoms with Crippen molar-refractivity contribution in [2.24, 2.45) is 0 Å². The van der Waals surface area contributed by atoms with Crippen molar-refractivity contribution < 1.29 is 4.52 Å². The van der Waals surface area contributed by atoms with Crippen molar-refractivity contribution in [2.45, 2.75) is 66.7 Å². The van der Waals surface area contributed by atoms with Crippen molar-refractivity contribution in [3.63, 3.8) is 0 Å². The first kappa shape index (κ1) is 23.1. The lowest BCUT2D eigenvalue weighted by atomic mass is 10.1. The first-order chi connectivity index (χ1) is 14.6. The van der Waals surface area contributed by atoms with Gasteiger partial charge < -0.3 is 9.51 Å². The Morgan fingerprint density at radius 3 is 2.43 bits per heavy atom. The number of aryl methyl sites for hydroxylation is 1. The van der Waals surface area contributed by atoms with Crippen LogP contribution in [-0.2, 0) is 6.42 Å². The van der Waals surface area contributed by atoms with Crippen molar-refractivity contribution in [2.75, 3.05) is 0 Å². The number of nitrogens with zero attached hydrogens (tertiary/aromatic N) is 4. The minimum atomic E-state index is 0.537. The van der Waals surface area contributed by atoms with Gasteiger partial charge in [0.05, 0.1) is 46.5 Å². The van der Waals surface area contributed by atoms with Crippen LogP contribution in [0, 0.1) is 18.3 Å². The van der Waals surface area contributed by atoms with Gasteiger partial charge in [-0.05, 0) is 25.1 Å². The van der Waals surface area contributed by atoms with Crippen LogP contribution in [0.3, 0.4) is 0 Å². The number of rotatable bonds is 5. The van der Waals surface area contributed by atoms with Gasteiger partial charge in [-0.25, -0.2) is 4.98 Å². The van der Waals surface area contributed by atoms with Gasteiger partial charge in [0.25, 0.3) is 0 Å². The average molecular weight is 406 g/mol. The minimum Gasteiger partial charge on any atom is -0.361 e. The number of benzene rings is 1. The lowest BCUT2D eigenvalue weighted by Gasteiger charge is -1.97. The summed E-state index contributed by atoms with van der Waals surface area (Å²) >= 11 is 0. The number of hydrogen-bond donors (Lipinski definition) is 1. The van der Waals surface area contributed by atoms with Crippen molar-refractivity contribution in [3.8, 4) is 6.07 Å². The van der Waals surface area contributed by atoms with Crippen molar-refractivity contribution in [1.82, 2.24) is 20.1 Å². The molecule has 0 saturated heterocycles. The molecule has 0 aliphatic carbocycles. The number of fused-ring (bicyclic) bond motifs is 3.